The summed E-state index contributed by atoms with van der Waals surface area (Å²) >= 11 is 0. The molecule has 1 fully saturated rings. The molecule has 4 heteroatoms. The first kappa shape index (κ1) is 12.8. The molecule has 2 aromatic rings. The molecular formula is C16H16N2O2. The topological polar surface area (TPSA) is 62.2 Å². The summed E-state index contributed by atoms with van der Waals surface area (Å²) in [6, 6.07) is 11.3. The summed E-state index contributed by atoms with van der Waals surface area (Å²) in [5.41, 5.74) is 3.36. The smallest absolute Gasteiger partial charge is 0.335 e. The minimum Gasteiger partial charge on any atom is -0.478 e. The number of aromatic nitrogens is 1. The molecule has 0 spiro atoms. The van der Waals surface area contributed by atoms with Crippen molar-refractivity contribution in [2.75, 3.05) is 6.54 Å². The molecule has 1 aromatic carbocycles. The van der Waals surface area contributed by atoms with E-state index >= 15 is 0 Å². The Hall–Kier alpha value is -2.20. The summed E-state index contributed by atoms with van der Waals surface area (Å²) in [6.45, 7) is 1.06. The van der Waals surface area contributed by atoms with Crippen molar-refractivity contribution in [1.29, 1.82) is 0 Å². The fraction of sp³-hybridized carbons (Fsp3) is 0.250. The van der Waals surface area contributed by atoms with E-state index in [0.29, 0.717) is 11.6 Å². The highest BCUT2D eigenvalue weighted by Gasteiger charge is 2.17. The maximum Gasteiger partial charge on any atom is 0.335 e. The van der Waals surface area contributed by atoms with Crippen LogP contribution in [0.4, 0.5) is 0 Å². The number of hydrogen-bond acceptors (Lipinski definition) is 3. The number of aromatic carboxylic acids is 1. The van der Waals surface area contributed by atoms with Crippen LogP contribution in [0, 0.1) is 0 Å². The zero-order valence-electron chi connectivity index (χ0n) is 11.0. The quantitative estimate of drug-likeness (QED) is 0.898. The fourth-order valence-electron chi connectivity index (χ4n) is 2.52. The highest BCUT2D eigenvalue weighted by Crippen LogP contribution is 2.24. The standard InChI is InChI=1S/C16H16N2O2/c19-16(20)12-5-3-11(4-6-12)13-7-8-15(18-10-13)14-2-1-9-17-14/h3-8,10,14,17H,1-2,9H2,(H,19,20)/t14-/m0/s1. The van der Waals surface area contributed by atoms with Crippen molar-refractivity contribution < 1.29 is 9.90 Å². The molecular weight excluding hydrogens is 252 g/mol. The Morgan fingerprint density at radius 3 is 2.45 bits per heavy atom. The third-order valence-corrected chi connectivity index (χ3v) is 3.67. The first-order valence-corrected chi connectivity index (χ1v) is 6.77. The van der Waals surface area contributed by atoms with Crippen LogP contribution in [0.15, 0.2) is 42.6 Å². The molecule has 20 heavy (non-hydrogen) atoms. The fourth-order valence-corrected chi connectivity index (χ4v) is 2.52. The molecule has 3 rings (SSSR count). The van der Waals surface area contributed by atoms with Crippen LogP contribution in [0.3, 0.4) is 0 Å². The third kappa shape index (κ3) is 2.56. The molecule has 1 aromatic heterocycles. The van der Waals surface area contributed by atoms with Gasteiger partial charge in [-0.25, -0.2) is 4.79 Å². The van der Waals surface area contributed by atoms with Gasteiger partial charge in [0.15, 0.2) is 0 Å². The van der Waals surface area contributed by atoms with Crippen molar-refractivity contribution >= 4 is 5.97 Å². The minimum absolute atomic E-state index is 0.300. The third-order valence-electron chi connectivity index (χ3n) is 3.67. The number of carbonyl (C=O) groups is 1. The zero-order chi connectivity index (χ0) is 13.9. The lowest BCUT2D eigenvalue weighted by Gasteiger charge is -2.10. The number of nitrogens with zero attached hydrogens (tertiary/aromatic N) is 1. The molecule has 2 heterocycles. The van der Waals surface area contributed by atoms with Gasteiger partial charge in [-0.15, -0.1) is 0 Å². The van der Waals surface area contributed by atoms with Crippen LogP contribution >= 0.6 is 0 Å². The van der Waals surface area contributed by atoms with Gasteiger partial charge in [0.1, 0.15) is 0 Å². The van der Waals surface area contributed by atoms with Crippen molar-refractivity contribution in [3.63, 3.8) is 0 Å². The second-order valence-corrected chi connectivity index (χ2v) is 5.00. The van der Waals surface area contributed by atoms with E-state index in [4.69, 9.17) is 5.11 Å². The largest absolute Gasteiger partial charge is 0.478 e. The van der Waals surface area contributed by atoms with Gasteiger partial charge < -0.3 is 10.4 Å². The lowest BCUT2D eigenvalue weighted by Crippen LogP contribution is -2.13. The molecule has 0 radical (unpaired) electrons. The van der Waals surface area contributed by atoms with Crippen LogP contribution < -0.4 is 5.32 Å². The van der Waals surface area contributed by atoms with E-state index in [1.165, 1.54) is 6.42 Å². The van der Waals surface area contributed by atoms with Crippen LogP contribution in [0.25, 0.3) is 11.1 Å². The zero-order valence-corrected chi connectivity index (χ0v) is 11.0. The number of nitrogens with one attached hydrogen (secondary N) is 1. The average molecular weight is 268 g/mol. The summed E-state index contributed by atoms with van der Waals surface area (Å²) in [5, 5.41) is 12.3. The predicted octanol–water partition coefficient (Wildman–Crippen LogP) is 2.87. The number of rotatable bonds is 3. The molecule has 0 unspecified atom stereocenters. The highest BCUT2D eigenvalue weighted by molar-refractivity contribution is 5.88. The van der Waals surface area contributed by atoms with Gasteiger partial charge in [-0.3, -0.25) is 4.98 Å². The molecule has 0 aliphatic carbocycles. The number of pyridine rings is 1. The van der Waals surface area contributed by atoms with Crippen molar-refractivity contribution in [3.05, 3.63) is 53.9 Å². The van der Waals surface area contributed by atoms with E-state index in [0.717, 1.165) is 29.8 Å². The Bertz CT molecular complexity index is 599. The van der Waals surface area contributed by atoms with E-state index in [9.17, 15) is 4.79 Å². The Morgan fingerprint density at radius 2 is 1.90 bits per heavy atom. The van der Waals surface area contributed by atoms with Gasteiger partial charge in [0.2, 0.25) is 0 Å². The molecule has 1 saturated heterocycles. The summed E-state index contributed by atoms with van der Waals surface area (Å²) in [6.07, 6.45) is 4.19. The summed E-state index contributed by atoms with van der Waals surface area (Å²) < 4.78 is 0. The molecule has 0 bridgehead atoms. The average Bonchev–Trinajstić information content (AvgIpc) is 3.02. The van der Waals surface area contributed by atoms with E-state index in [1.807, 2.05) is 30.5 Å². The SMILES string of the molecule is O=C(O)c1ccc(-c2ccc([C@@H]3CCCN3)nc2)cc1. The second kappa shape index (κ2) is 5.43. The van der Waals surface area contributed by atoms with Crippen LogP contribution in [-0.2, 0) is 0 Å². The van der Waals surface area contributed by atoms with Gasteiger partial charge in [0.25, 0.3) is 0 Å². The van der Waals surface area contributed by atoms with Crippen LogP contribution in [0.5, 0.6) is 0 Å². The maximum absolute atomic E-state index is 10.8. The number of hydrogen-bond donors (Lipinski definition) is 2. The molecule has 1 aliphatic heterocycles. The first-order valence-electron chi connectivity index (χ1n) is 6.77. The van der Waals surface area contributed by atoms with E-state index in [2.05, 4.69) is 10.3 Å². The molecule has 1 aliphatic rings. The number of benzene rings is 1. The van der Waals surface area contributed by atoms with Crippen LogP contribution in [0.1, 0.15) is 34.9 Å². The Labute approximate surface area is 117 Å². The van der Waals surface area contributed by atoms with E-state index in [1.54, 1.807) is 12.1 Å². The maximum atomic E-state index is 10.8. The minimum atomic E-state index is -0.905. The lowest BCUT2D eigenvalue weighted by molar-refractivity contribution is 0.0697. The molecule has 2 N–H and O–H groups in total. The van der Waals surface area contributed by atoms with E-state index < -0.39 is 5.97 Å². The summed E-state index contributed by atoms with van der Waals surface area (Å²) in [4.78, 5) is 15.3. The van der Waals surface area contributed by atoms with Crippen molar-refractivity contribution in [1.82, 2.24) is 10.3 Å². The van der Waals surface area contributed by atoms with Gasteiger partial charge in [-0.2, -0.15) is 0 Å². The Morgan fingerprint density at radius 1 is 1.15 bits per heavy atom. The first-order chi connectivity index (χ1) is 9.74. The molecule has 1 atom stereocenters. The number of carboxylic acid groups (broad SMARTS) is 1. The van der Waals surface area contributed by atoms with Crippen LogP contribution in [-0.4, -0.2) is 22.6 Å². The Kier molecular flexibility index (Phi) is 3.48. The van der Waals surface area contributed by atoms with Gasteiger partial charge in [0.05, 0.1) is 11.3 Å². The molecule has 102 valence electrons. The molecule has 4 nitrogen and oxygen atoms in total. The molecule has 0 amide bonds. The normalized spacial score (nSPS) is 18.1. The van der Waals surface area contributed by atoms with Crippen LogP contribution in [0.2, 0.25) is 0 Å². The predicted molar refractivity (Wildman–Crippen MR) is 76.6 cm³/mol. The van der Waals surface area contributed by atoms with Gasteiger partial charge in [0, 0.05) is 17.8 Å². The monoisotopic (exact) mass is 268 g/mol. The Balaban J connectivity index is 1.81. The van der Waals surface area contributed by atoms with Gasteiger partial charge in [-0.1, -0.05) is 18.2 Å². The molecule has 0 saturated carbocycles. The summed E-state index contributed by atoms with van der Waals surface area (Å²) in [5.74, 6) is -0.905. The van der Waals surface area contributed by atoms with E-state index in [-0.39, 0.29) is 0 Å². The van der Waals surface area contributed by atoms with Crippen molar-refractivity contribution in [3.8, 4) is 11.1 Å². The second-order valence-electron chi connectivity index (χ2n) is 5.00. The highest BCUT2D eigenvalue weighted by atomic mass is 16.4. The van der Waals surface area contributed by atoms with Crippen molar-refractivity contribution in [2.45, 2.75) is 18.9 Å². The number of carboxylic acids is 1. The van der Waals surface area contributed by atoms with Gasteiger partial charge >= 0.3 is 5.97 Å². The lowest BCUT2D eigenvalue weighted by atomic mass is 10.0. The summed E-state index contributed by atoms with van der Waals surface area (Å²) in [7, 11) is 0. The van der Waals surface area contributed by atoms with Crippen molar-refractivity contribution in [2.24, 2.45) is 0 Å². The van der Waals surface area contributed by atoms with Gasteiger partial charge in [-0.05, 0) is 43.1 Å².